The Morgan fingerprint density at radius 3 is 2.30 bits per heavy atom. The van der Waals surface area contributed by atoms with Crippen molar-refractivity contribution in [1.29, 1.82) is 0 Å². The number of rotatable bonds is 2. The molecule has 122 valence electrons. The number of benzene rings is 1. The van der Waals surface area contributed by atoms with E-state index in [1.54, 1.807) is 0 Å². The molecule has 1 aromatic carbocycles. The third kappa shape index (κ3) is 5.05. The number of ether oxygens (including phenoxy) is 1. The molecule has 1 heterocycles. The molecule has 0 N–H and O–H groups in total. The van der Waals surface area contributed by atoms with E-state index in [-0.39, 0.29) is 5.75 Å². The van der Waals surface area contributed by atoms with Gasteiger partial charge in [-0.05, 0) is 24.3 Å². The molecular weight excluding hydrogens is 345 g/mol. The summed E-state index contributed by atoms with van der Waals surface area (Å²) in [5, 5.41) is 4.45. The highest BCUT2D eigenvalue weighted by Gasteiger charge is 2.31. The molecule has 23 heavy (non-hydrogen) atoms. The molecule has 0 radical (unpaired) electrons. The highest BCUT2D eigenvalue weighted by molar-refractivity contribution is 6.83. The van der Waals surface area contributed by atoms with Gasteiger partial charge >= 0.3 is 6.36 Å². The Labute approximate surface area is 138 Å². The van der Waals surface area contributed by atoms with Crippen LogP contribution < -0.4 is 4.74 Å². The number of hydrogen-bond acceptors (Lipinski definition) is 2. The first-order valence-electron chi connectivity index (χ1n) is 6.68. The van der Waals surface area contributed by atoms with E-state index in [2.05, 4.69) is 40.9 Å². The molecule has 0 fully saturated rings. The summed E-state index contributed by atoms with van der Waals surface area (Å²) in [5.41, 5.74) is 4.29. The number of halogens is 4. The third-order valence-electron chi connectivity index (χ3n) is 2.60. The minimum Gasteiger partial charge on any atom is -0.406 e. The van der Waals surface area contributed by atoms with Gasteiger partial charge in [-0.25, -0.2) is 4.68 Å². The molecular formula is C15H14ClF3N2OSi. The molecule has 2 rings (SSSR count). The van der Waals surface area contributed by atoms with Crippen LogP contribution in [0.15, 0.2) is 30.5 Å². The van der Waals surface area contributed by atoms with E-state index >= 15 is 0 Å². The minimum absolute atomic E-state index is 0.303. The first-order valence-corrected chi connectivity index (χ1v) is 10.6. The van der Waals surface area contributed by atoms with Gasteiger partial charge in [-0.1, -0.05) is 37.2 Å². The zero-order chi connectivity index (χ0) is 17.3. The van der Waals surface area contributed by atoms with Crippen LogP contribution in [0, 0.1) is 11.5 Å². The SMILES string of the molecule is C[Si](C)(C)C#Cc1cnn(-c2ccc(OC(F)(F)F)cc2)c1Cl. The van der Waals surface area contributed by atoms with Crippen LogP contribution in [0.25, 0.3) is 5.69 Å². The Morgan fingerprint density at radius 2 is 1.78 bits per heavy atom. The monoisotopic (exact) mass is 358 g/mol. The van der Waals surface area contributed by atoms with Crippen molar-refractivity contribution in [2.75, 3.05) is 0 Å². The second-order valence-corrected chi connectivity index (χ2v) is 10.9. The summed E-state index contributed by atoms with van der Waals surface area (Å²) in [7, 11) is -1.54. The van der Waals surface area contributed by atoms with Gasteiger partial charge in [0.1, 0.15) is 19.0 Å². The summed E-state index contributed by atoms with van der Waals surface area (Å²) in [6, 6.07) is 5.29. The van der Waals surface area contributed by atoms with E-state index in [1.807, 2.05) is 0 Å². The fourth-order valence-electron chi connectivity index (χ4n) is 1.64. The number of hydrogen-bond donors (Lipinski definition) is 0. The number of nitrogens with zero attached hydrogens (tertiary/aromatic N) is 2. The molecule has 0 spiro atoms. The van der Waals surface area contributed by atoms with Gasteiger partial charge in [0, 0.05) is 0 Å². The summed E-state index contributed by atoms with van der Waals surface area (Å²) in [5.74, 6) is 2.71. The molecule has 2 aromatic rings. The molecule has 0 saturated carbocycles. The summed E-state index contributed by atoms with van der Waals surface area (Å²) in [6.07, 6.45) is -3.18. The van der Waals surface area contributed by atoms with Crippen LogP contribution in [0.5, 0.6) is 5.75 Å². The smallest absolute Gasteiger partial charge is 0.406 e. The van der Waals surface area contributed by atoms with Crippen LogP contribution in [-0.4, -0.2) is 24.2 Å². The molecule has 0 aliphatic carbocycles. The van der Waals surface area contributed by atoms with Gasteiger partial charge in [-0.2, -0.15) is 5.10 Å². The van der Waals surface area contributed by atoms with Crippen LogP contribution in [0.2, 0.25) is 24.8 Å². The van der Waals surface area contributed by atoms with Crippen molar-refractivity contribution in [2.24, 2.45) is 0 Å². The van der Waals surface area contributed by atoms with Gasteiger partial charge in [0.25, 0.3) is 0 Å². The fraction of sp³-hybridized carbons (Fsp3) is 0.267. The van der Waals surface area contributed by atoms with E-state index in [0.29, 0.717) is 16.4 Å². The fourth-order valence-corrected chi connectivity index (χ4v) is 2.39. The van der Waals surface area contributed by atoms with Crippen LogP contribution >= 0.6 is 11.6 Å². The topological polar surface area (TPSA) is 27.1 Å². The van der Waals surface area contributed by atoms with Crippen molar-refractivity contribution in [3.05, 3.63) is 41.2 Å². The molecule has 1 aromatic heterocycles. The predicted molar refractivity (Wildman–Crippen MR) is 85.5 cm³/mol. The zero-order valence-corrected chi connectivity index (χ0v) is 14.5. The lowest BCUT2D eigenvalue weighted by molar-refractivity contribution is -0.274. The van der Waals surface area contributed by atoms with Crippen molar-refractivity contribution in [3.8, 4) is 22.9 Å². The molecule has 8 heteroatoms. The van der Waals surface area contributed by atoms with E-state index in [4.69, 9.17) is 11.6 Å². The third-order valence-corrected chi connectivity index (χ3v) is 3.84. The summed E-state index contributed by atoms with van der Waals surface area (Å²) >= 11 is 6.24. The van der Waals surface area contributed by atoms with Gasteiger partial charge in [-0.3, -0.25) is 0 Å². The van der Waals surface area contributed by atoms with Crippen LogP contribution in [0.4, 0.5) is 13.2 Å². The van der Waals surface area contributed by atoms with Crippen molar-refractivity contribution < 1.29 is 17.9 Å². The summed E-state index contributed by atoms with van der Waals surface area (Å²) in [6.45, 7) is 6.33. The zero-order valence-electron chi connectivity index (χ0n) is 12.7. The van der Waals surface area contributed by atoms with Gasteiger partial charge < -0.3 is 4.74 Å². The Balaban J connectivity index is 2.26. The molecule has 0 atom stereocenters. The number of alkyl halides is 3. The Hall–Kier alpha value is -1.91. The van der Waals surface area contributed by atoms with Crippen LogP contribution in [0.3, 0.4) is 0 Å². The highest BCUT2D eigenvalue weighted by atomic mass is 35.5. The van der Waals surface area contributed by atoms with E-state index < -0.39 is 14.4 Å². The Morgan fingerprint density at radius 1 is 1.17 bits per heavy atom. The quantitative estimate of drug-likeness (QED) is 0.577. The second kappa shape index (κ2) is 6.30. The standard InChI is InChI=1S/C15H14ClF3N2OSi/c1-23(2,3)9-8-11-10-20-21(14(11)16)12-4-6-13(7-5-12)22-15(17,18)19/h4-7,10H,1-3H3. The summed E-state index contributed by atoms with van der Waals surface area (Å²) < 4.78 is 41.7. The largest absolute Gasteiger partial charge is 0.573 e. The molecule has 3 nitrogen and oxygen atoms in total. The minimum atomic E-state index is -4.72. The van der Waals surface area contributed by atoms with E-state index in [9.17, 15) is 13.2 Å². The number of aromatic nitrogens is 2. The van der Waals surface area contributed by atoms with Gasteiger partial charge in [0.05, 0.1) is 17.4 Å². The predicted octanol–water partition coefficient (Wildman–Crippen LogP) is 4.65. The normalized spacial score (nSPS) is 11.8. The molecule has 0 aliphatic rings. The molecule has 0 bridgehead atoms. The van der Waals surface area contributed by atoms with E-state index in [0.717, 1.165) is 0 Å². The molecule has 0 unspecified atom stereocenters. The van der Waals surface area contributed by atoms with Crippen LogP contribution in [0.1, 0.15) is 5.56 Å². The maximum atomic E-state index is 12.1. The second-order valence-electron chi connectivity index (χ2n) is 5.80. The Kier molecular flexibility index (Phi) is 4.78. The lowest BCUT2D eigenvalue weighted by atomic mass is 10.3. The molecule has 0 amide bonds. The van der Waals surface area contributed by atoms with Crippen LogP contribution in [-0.2, 0) is 0 Å². The van der Waals surface area contributed by atoms with Crippen molar-refractivity contribution in [2.45, 2.75) is 26.0 Å². The van der Waals surface area contributed by atoms with Gasteiger partial charge in [0.15, 0.2) is 0 Å². The molecule has 0 aliphatic heterocycles. The first kappa shape index (κ1) is 17.4. The molecule has 0 saturated heterocycles. The average Bonchev–Trinajstić information content (AvgIpc) is 2.76. The van der Waals surface area contributed by atoms with E-state index in [1.165, 1.54) is 35.1 Å². The van der Waals surface area contributed by atoms with Crippen molar-refractivity contribution in [1.82, 2.24) is 9.78 Å². The summed E-state index contributed by atoms with van der Waals surface area (Å²) in [4.78, 5) is 0. The lowest BCUT2D eigenvalue weighted by Crippen LogP contribution is -2.17. The maximum Gasteiger partial charge on any atom is 0.573 e. The van der Waals surface area contributed by atoms with Crippen molar-refractivity contribution >= 4 is 19.7 Å². The average molecular weight is 359 g/mol. The Bertz CT molecular complexity index is 752. The first-order chi connectivity index (χ1) is 10.6. The van der Waals surface area contributed by atoms with Gasteiger partial charge in [0.2, 0.25) is 0 Å². The van der Waals surface area contributed by atoms with Gasteiger partial charge in [-0.15, -0.1) is 18.7 Å². The lowest BCUT2D eigenvalue weighted by Gasteiger charge is -2.09. The maximum absolute atomic E-state index is 12.1. The highest BCUT2D eigenvalue weighted by Crippen LogP contribution is 2.25. The van der Waals surface area contributed by atoms with Crippen molar-refractivity contribution in [3.63, 3.8) is 0 Å².